The summed E-state index contributed by atoms with van der Waals surface area (Å²) in [5.41, 5.74) is 1.27. The van der Waals surface area contributed by atoms with E-state index in [1.54, 1.807) is 24.4 Å². The van der Waals surface area contributed by atoms with Crippen molar-refractivity contribution in [1.82, 2.24) is 19.3 Å². The summed E-state index contributed by atoms with van der Waals surface area (Å²) >= 11 is 6.03. The number of carboxylic acid groups (broad SMARTS) is 1. The second-order valence-corrected chi connectivity index (χ2v) is 9.36. The number of aryl methyl sites for hydroxylation is 1. The Kier molecular flexibility index (Phi) is 7.45. The predicted octanol–water partition coefficient (Wildman–Crippen LogP) is 3.56. The number of imidazole rings is 1. The number of hydrogen-bond donors (Lipinski definition) is 2. The van der Waals surface area contributed by atoms with E-state index in [4.69, 9.17) is 16.6 Å². The Morgan fingerprint density at radius 2 is 2.00 bits per heavy atom. The molecule has 0 bridgehead atoms. The lowest BCUT2D eigenvalue weighted by atomic mass is 10.2. The fourth-order valence-electron chi connectivity index (χ4n) is 4.50. The average molecular weight is 500 g/mol. The number of unbranched alkanes of at least 4 members (excludes halogenated alkanes) is 2. The number of nitrogens with one attached hydrogen (secondary N) is 1. The van der Waals surface area contributed by atoms with Crippen LogP contribution in [0.2, 0.25) is 5.02 Å². The van der Waals surface area contributed by atoms with Gasteiger partial charge in [-0.2, -0.15) is 0 Å². The Hall–Kier alpha value is -3.33. The summed E-state index contributed by atoms with van der Waals surface area (Å²) in [6.45, 7) is 4.80. The molecule has 2 aromatic heterocycles. The number of nitrogens with zero attached hydrogens (tertiary/aromatic N) is 4. The van der Waals surface area contributed by atoms with Crippen molar-refractivity contribution < 1.29 is 14.7 Å². The number of carbonyl (C=O) groups excluding carboxylic acids is 1. The van der Waals surface area contributed by atoms with E-state index in [0.29, 0.717) is 41.8 Å². The highest BCUT2D eigenvalue weighted by Crippen LogP contribution is 2.28. The summed E-state index contributed by atoms with van der Waals surface area (Å²) in [7, 11) is 0. The third kappa shape index (κ3) is 5.19. The molecule has 1 fully saturated rings. The molecule has 10 heteroatoms. The highest BCUT2D eigenvalue weighted by atomic mass is 35.5. The van der Waals surface area contributed by atoms with Crippen LogP contribution in [0.4, 0.5) is 5.82 Å². The summed E-state index contributed by atoms with van der Waals surface area (Å²) in [6, 6.07) is 7.30. The number of benzene rings is 1. The van der Waals surface area contributed by atoms with E-state index in [0.717, 1.165) is 31.2 Å². The highest BCUT2D eigenvalue weighted by molar-refractivity contribution is 6.30. The first-order chi connectivity index (χ1) is 16.8. The van der Waals surface area contributed by atoms with E-state index < -0.39 is 18.1 Å². The second-order valence-electron chi connectivity index (χ2n) is 8.92. The molecule has 3 heterocycles. The van der Waals surface area contributed by atoms with Crippen molar-refractivity contribution in [2.75, 3.05) is 11.4 Å². The molecule has 0 aliphatic carbocycles. The number of fused-ring (bicyclic) bond motifs is 1. The molecule has 0 spiro atoms. The topological polar surface area (TPSA) is 109 Å². The van der Waals surface area contributed by atoms with Gasteiger partial charge in [0.05, 0.1) is 5.69 Å². The van der Waals surface area contributed by atoms with E-state index in [9.17, 15) is 19.5 Å². The van der Waals surface area contributed by atoms with E-state index in [1.807, 2.05) is 21.6 Å². The number of carbonyl (C=O) groups is 2. The van der Waals surface area contributed by atoms with Gasteiger partial charge in [-0.15, -0.1) is 0 Å². The van der Waals surface area contributed by atoms with Gasteiger partial charge in [0.15, 0.2) is 0 Å². The fourth-order valence-corrected chi connectivity index (χ4v) is 4.63. The molecule has 1 amide bonds. The normalized spacial score (nSPS) is 16.5. The van der Waals surface area contributed by atoms with Crippen molar-refractivity contribution >= 4 is 35.1 Å². The maximum absolute atomic E-state index is 13.2. The summed E-state index contributed by atoms with van der Waals surface area (Å²) < 4.78 is 3.54. The fraction of sp³-hybridized carbons (Fsp3) is 0.440. The Balaban J connectivity index is 1.78. The van der Waals surface area contributed by atoms with Gasteiger partial charge in [0.2, 0.25) is 11.7 Å². The molecule has 3 aromatic rings. The van der Waals surface area contributed by atoms with Crippen LogP contribution in [0.15, 0.2) is 41.3 Å². The second kappa shape index (κ2) is 10.5. The zero-order valence-electron chi connectivity index (χ0n) is 19.9. The van der Waals surface area contributed by atoms with Gasteiger partial charge >= 0.3 is 5.97 Å². The summed E-state index contributed by atoms with van der Waals surface area (Å²) in [6.07, 6.45) is 6.02. The molecule has 35 heavy (non-hydrogen) atoms. The molecule has 2 N–H and O–H groups in total. The summed E-state index contributed by atoms with van der Waals surface area (Å²) in [5, 5.41) is 12.4. The van der Waals surface area contributed by atoms with Crippen LogP contribution in [0.3, 0.4) is 0 Å². The molecule has 186 valence electrons. The molecule has 1 aliphatic heterocycles. The van der Waals surface area contributed by atoms with Crippen LogP contribution in [0.25, 0.3) is 17.0 Å². The van der Waals surface area contributed by atoms with Crippen molar-refractivity contribution in [2.45, 2.75) is 64.6 Å². The maximum atomic E-state index is 13.2. The molecular formula is C25H30ClN5O4. The Morgan fingerprint density at radius 1 is 1.26 bits per heavy atom. The third-order valence-corrected chi connectivity index (χ3v) is 6.65. The lowest BCUT2D eigenvalue weighted by Crippen LogP contribution is -2.49. The zero-order valence-corrected chi connectivity index (χ0v) is 20.7. The number of halogens is 1. The van der Waals surface area contributed by atoms with Crippen LogP contribution >= 0.6 is 11.6 Å². The van der Waals surface area contributed by atoms with Crippen LogP contribution < -0.4 is 15.8 Å². The van der Waals surface area contributed by atoms with E-state index in [-0.39, 0.29) is 11.5 Å². The van der Waals surface area contributed by atoms with Crippen molar-refractivity contribution in [3.8, 4) is 11.3 Å². The largest absolute Gasteiger partial charge is 0.480 e. The van der Waals surface area contributed by atoms with E-state index in [2.05, 4.69) is 12.2 Å². The highest BCUT2D eigenvalue weighted by Gasteiger charge is 2.34. The van der Waals surface area contributed by atoms with Gasteiger partial charge in [0, 0.05) is 35.9 Å². The van der Waals surface area contributed by atoms with Crippen molar-refractivity contribution in [1.29, 1.82) is 0 Å². The maximum Gasteiger partial charge on any atom is 0.325 e. The lowest BCUT2D eigenvalue weighted by molar-refractivity contribution is -0.141. The lowest BCUT2D eigenvalue weighted by Gasteiger charge is -2.29. The van der Waals surface area contributed by atoms with Gasteiger partial charge < -0.3 is 15.3 Å². The Labute approximate surface area is 208 Å². The molecule has 0 radical (unpaired) electrons. The third-order valence-electron chi connectivity index (χ3n) is 6.40. The van der Waals surface area contributed by atoms with Crippen LogP contribution in [0.5, 0.6) is 0 Å². The monoisotopic (exact) mass is 499 g/mol. The minimum absolute atomic E-state index is 0.237. The Morgan fingerprint density at radius 3 is 2.69 bits per heavy atom. The first-order valence-electron chi connectivity index (χ1n) is 12.0. The number of anilines is 1. The average Bonchev–Trinajstić information content (AvgIpc) is 3.49. The number of carboxylic acids is 1. The molecular weight excluding hydrogens is 470 g/mol. The number of aromatic nitrogens is 3. The molecule has 4 rings (SSSR count). The van der Waals surface area contributed by atoms with E-state index >= 15 is 0 Å². The van der Waals surface area contributed by atoms with Crippen molar-refractivity contribution in [3.05, 3.63) is 51.9 Å². The van der Waals surface area contributed by atoms with Crippen molar-refractivity contribution in [3.63, 3.8) is 0 Å². The SMILES string of the molecule is CCCCCn1c(N2CCC[C@H]2C(=O)N[C@@H](C)C(=O)O)cc(=O)n2cc(-c3ccc(Cl)cc3)nc12. The number of rotatable bonds is 9. The summed E-state index contributed by atoms with van der Waals surface area (Å²) in [4.78, 5) is 44.1. The zero-order chi connectivity index (χ0) is 25.1. The van der Waals surface area contributed by atoms with Crippen LogP contribution in [0.1, 0.15) is 46.0 Å². The Bertz CT molecular complexity index is 1280. The van der Waals surface area contributed by atoms with E-state index in [1.165, 1.54) is 11.3 Å². The predicted molar refractivity (Wildman–Crippen MR) is 135 cm³/mol. The van der Waals surface area contributed by atoms with Gasteiger partial charge in [-0.05, 0) is 38.3 Å². The minimum Gasteiger partial charge on any atom is -0.480 e. The molecule has 1 aromatic carbocycles. The van der Waals surface area contributed by atoms with Gasteiger partial charge in [0.25, 0.3) is 5.56 Å². The van der Waals surface area contributed by atoms with Crippen LogP contribution in [-0.2, 0) is 16.1 Å². The van der Waals surface area contributed by atoms with Crippen LogP contribution in [-0.4, -0.2) is 49.6 Å². The molecule has 2 atom stereocenters. The van der Waals surface area contributed by atoms with Gasteiger partial charge in [0.1, 0.15) is 17.9 Å². The van der Waals surface area contributed by atoms with Gasteiger partial charge in [-0.25, -0.2) is 4.98 Å². The van der Waals surface area contributed by atoms with Crippen molar-refractivity contribution in [2.24, 2.45) is 0 Å². The molecule has 1 saturated heterocycles. The molecule has 1 aliphatic rings. The summed E-state index contributed by atoms with van der Waals surface area (Å²) in [5.74, 6) is -0.297. The molecule has 0 saturated carbocycles. The number of hydrogen-bond acceptors (Lipinski definition) is 5. The quantitative estimate of drug-likeness (QED) is 0.436. The smallest absolute Gasteiger partial charge is 0.325 e. The first-order valence-corrected chi connectivity index (χ1v) is 12.4. The number of aliphatic carboxylic acids is 1. The molecule has 0 unspecified atom stereocenters. The van der Waals surface area contributed by atoms with Gasteiger partial charge in [-0.1, -0.05) is 43.5 Å². The standard InChI is InChI=1S/C25H30ClN5O4/c1-3-4-5-12-30-21(29-13-6-7-20(29)23(33)27-16(2)24(34)35)14-22(32)31-15-19(28-25(30)31)17-8-10-18(26)11-9-17/h8-11,14-16,20H,3-7,12-13H2,1-2H3,(H,27,33)(H,34,35)/t16-,20-/m0/s1. The first kappa shape index (κ1) is 24.8. The minimum atomic E-state index is -1.09. The van der Waals surface area contributed by atoms with Crippen LogP contribution in [0, 0.1) is 0 Å². The van der Waals surface area contributed by atoms with Gasteiger partial charge in [-0.3, -0.25) is 23.4 Å². The number of amides is 1. The molecule has 9 nitrogen and oxygen atoms in total.